The van der Waals surface area contributed by atoms with Crippen LogP contribution in [0.4, 0.5) is 0 Å². The second-order valence-electron chi connectivity index (χ2n) is 9.81. The van der Waals surface area contributed by atoms with Crippen molar-refractivity contribution in [1.82, 2.24) is 0 Å². The molecule has 2 saturated heterocycles. The molecule has 0 radical (unpaired) electrons. The van der Waals surface area contributed by atoms with Crippen LogP contribution in [0.5, 0.6) is 11.5 Å². The average molecular weight is 561 g/mol. The molecular formula is C28H32O12. The minimum absolute atomic E-state index is 0.0178. The lowest BCUT2D eigenvalue weighted by Crippen LogP contribution is -2.62. The first kappa shape index (κ1) is 29.3. The van der Waals surface area contributed by atoms with E-state index in [1.165, 1.54) is 48.5 Å². The number of cyclic esters (lactones) is 1. The molecule has 0 unspecified atom stereocenters. The molecule has 7 atom stereocenters. The Balaban J connectivity index is 1.56. The maximum atomic E-state index is 13.0. The molecule has 4 N–H and O–H groups in total. The maximum Gasteiger partial charge on any atom is 0.310 e. The summed E-state index contributed by atoms with van der Waals surface area (Å²) in [6.45, 7) is 1.03. The van der Waals surface area contributed by atoms with E-state index in [2.05, 4.69) is 0 Å². The zero-order valence-electron chi connectivity index (χ0n) is 21.8. The Hall–Kier alpha value is -3.71. The first-order valence-corrected chi connectivity index (χ1v) is 12.9. The van der Waals surface area contributed by atoms with Gasteiger partial charge in [0, 0.05) is 6.42 Å². The quantitative estimate of drug-likeness (QED) is 0.252. The molecule has 2 aliphatic heterocycles. The van der Waals surface area contributed by atoms with Crippen molar-refractivity contribution in [2.75, 3.05) is 6.61 Å². The molecule has 0 saturated carbocycles. The molecule has 4 rings (SSSR count). The summed E-state index contributed by atoms with van der Waals surface area (Å²) in [5.74, 6) is -1.99. The molecule has 40 heavy (non-hydrogen) atoms. The normalized spacial score (nSPS) is 28.4. The number of phenolic OH excluding ortho intramolecular Hbond substituents is 2. The molecule has 0 aliphatic carbocycles. The van der Waals surface area contributed by atoms with Gasteiger partial charge in [0.1, 0.15) is 29.8 Å². The summed E-state index contributed by atoms with van der Waals surface area (Å²) < 4.78 is 28.1. The van der Waals surface area contributed by atoms with Gasteiger partial charge in [0.25, 0.3) is 0 Å². The molecule has 12 heteroatoms. The van der Waals surface area contributed by atoms with Gasteiger partial charge in [-0.25, -0.2) is 0 Å². The fourth-order valence-corrected chi connectivity index (χ4v) is 4.61. The monoisotopic (exact) mass is 560 g/mol. The molecule has 0 aromatic heterocycles. The van der Waals surface area contributed by atoms with Crippen molar-refractivity contribution in [3.8, 4) is 11.5 Å². The molecule has 2 heterocycles. The number of ether oxygens (including phenoxy) is 5. The fourth-order valence-electron chi connectivity index (χ4n) is 4.61. The van der Waals surface area contributed by atoms with Gasteiger partial charge < -0.3 is 44.1 Å². The predicted octanol–water partition coefficient (Wildman–Crippen LogP) is 0.895. The number of esters is 3. The second-order valence-corrected chi connectivity index (χ2v) is 9.81. The minimum Gasteiger partial charge on any atom is -0.508 e. The van der Waals surface area contributed by atoms with E-state index < -0.39 is 67.4 Å². The van der Waals surface area contributed by atoms with Crippen LogP contribution in [-0.4, -0.2) is 87.9 Å². The van der Waals surface area contributed by atoms with Crippen molar-refractivity contribution in [2.45, 2.75) is 75.5 Å². The van der Waals surface area contributed by atoms with Gasteiger partial charge >= 0.3 is 17.9 Å². The Morgan fingerprint density at radius 3 is 1.93 bits per heavy atom. The van der Waals surface area contributed by atoms with Crippen molar-refractivity contribution in [2.24, 2.45) is 0 Å². The molecule has 12 nitrogen and oxygen atoms in total. The molecule has 0 amide bonds. The smallest absolute Gasteiger partial charge is 0.310 e. The van der Waals surface area contributed by atoms with Gasteiger partial charge in [-0.05, 0) is 42.3 Å². The lowest BCUT2D eigenvalue weighted by molar-refractivity contribution is -0.318. The fraction of sp³-hybridized carbons (Fsp3) is 0.464. The number of carbonyl (C=O) groups excluding carboxylic acids is 3. The third kappa shape index (κ3) is 7.69. The highest BCUT2D eigenvalue weighted by Gasteiger charge is 2.51. The molecule has 0 bridgehead atoms. The van der Waals surface area contributed by atoms with Crippen LogP contribution in [0.1, 0.15) is 30.9 Å². The third-order valence-electron chi connectivity index (χ3n) is 6.55. The van der Waals surface area contributed by atoms with Crippen LogP contribution in [0.2, 0.25) is 0 Å². The van der Waals surface area contributed by atoms with E-state index in [4.69, 9.17) is 23.7 Å². The highest BCUT2D eigenvalue weighted by molar-refractivity contribution is 5.74. The summed E-state index contributed by atoms with van der Waals surface area (Å²) in [4.78, 5) is 37.8. The van der Waals surface area contributed by atoms with Crippen LogP contribution >= 0.6 is 0 Å². The van der Waals surface area contributed by atoms with E-state index in [0.29, 0.717) is 17.5 Å². The van der Waals surface area contributed by atoms with Crippen LogP contribution in [-0.2, 0) is 50.9 Å². The Labute approximate surface area is 230 Å². The lowest BCUT2D eigenvalue weighted by Gasteiger charge is -2.44. The first-order chi connectivity index (χ1) is 19.1. The summed E-state index contributed by atoms with van der Waals surface area (Å²) in [5, 5.41) is 39.8. The molecule has 0 spiro atoms. The first-order valence-electron chi connectivity index (χ1n) is 12.9. The second kappa shape index (κ2) is 13.1. The lowest BCUT2D eigenvalue weighted by atomic mass is 9.98. The molecule has 2 fully saturated rings. The van der Waals surface area contributed by atoms with Gasteiger partial charge in [0.05, 0.1) is 32.0 Å². The molecular weight excluding hydrogens is 528 g/mol. The van der Waals surface area contributed by atoms with Gasteiger partial charge in [-0.3, -0.25) is 14.4 Å². The molecule has 2 aliphatic rings. The number of hydrogen-bond acceptors (Lipinski definition) is 12. The van der Waals surface area contributed by atoms with Gasteiger partial charge in [0.15, 0.2) is 18.5 Å². The van der Waals surface area contributed by atoms with Crippen molar-refractivity contribution >= 4 is 17.9 Å². The number of aliphatic hydroxyl groups excluding tert-OH is 2. The molecule has 2 aromatic rings. The van der Waals surface area contributed by atoms with Crippen LogP contribution in [0.3, 0.4) is 0 Å². The van der Waals surface area contributed by atoms with Gasteiger partial charge in [-0.1, -0.05) is 24.3 Å². The Bertz CT molecular complexity index is 1160. The van der Waals surface area contributed by atoms with Gasteiger partial charge in [-0.15, -0.1) is 0 Å². The van der Waals surface area contributed by atoms with Crippen molar-refractivity contribution < 1.29 is 58.5 Å². The topological polar surface area (TPSA) is 178 Å². The average Bonchev–Trinajstić information content (AvgIpc) is 2.89. The zero-order chi connectivity index (χ0) is 28.8. The summed E-state index contributed by atoms with van der Waals surface area (Å²) >= 11 is 0. The van der Waals surface area contributed by atoms with Crippen LogP contribution in [0.15, 0.2) is 48.5 Å². The summed E-state index contributed by atoms with van der Waals surface area (Å²) in [7, 11) is 0. The van der Waals surface area contributed by atoms with E-state index in [1.807, 2.05) is 0 Å². The number of phenols is 2. The van der Waals surface area contributed by atoms with Crippen LogP contribution in [0, 0.1) is 0 Å². The number of aliphatic hydroxyl groups is 2. The maximum absolute atomic E-state index is 13.0. The van der Waals surface area contributed by atoms with E-state index in [9.17, 15) is 34.8 Å². The standard InChI is InChI=1S/C28H32O12/c1-15-10-20(13-24(34)36-15)37-28-27(40-23(33)12-17-4-8-19(31)9-5-17)26(25(35)21(14-29)38-28)39-22(32)11-16-2-6-18(30)7-3-16/h2-9,15,20-21,25-31,35H,10-14H2,1H3/t15-,20-,21-,25-,26+,27-,28+/m1/s1. The summed E-state index contributed by atoms with van der Waals surface area (Å²) in [6.07, 6.45) is -8.55. The van der Waals surface area contributed by atoms with Gasteiger partial charge in [-0.2, -0.15) is 0 Å². The highest BCUT2D eigenvalue weighted by Crippen LogP contribution is 2.31. The van der Waals surface area contributed by atoms with Crippen LogP contribution < -0.4 is 0 Å². The summed E-state index contributed by atoms with van der Waals surface area (Å²) in [5.41, 5.74) is 1.04. The number of aromatic hydroxyl groups is 2. The van der Waals surface area contributed by atoms with E-state index in [-0.39, 0.29) is 30.8 Å². The minimum atomic E-state index is -1.59. The molecule has 2 aromatic carbocycles. The predicted molar refractivity (Wildman–Crippen MR) is 135 cm³/mol. The highest BCUT2D eigenvalue weighted by atomic mass is 16.7. The largest absolute Gasteiger partial charge is 0.508 e. The van der Waals surface area contributed by atoms with Crippen molar-refractivity contribution in [3.63, 3.8) is 0 Å². The number of carbonyl (C=O) groups is 3. The Kier molecular flexibility index (Phi) is 9.58. The Morgan fingerprint density at radius 1 is 0.900 bits per heavy atom. The number of benzene rings is 2. The SMILES string of the molecule is C[C@@H]1C[C@@H](O[C@H]2O[C@H](CO)[C@@H](O)[C@H](OC(=O)Cc3ccc(O)cc3)[C@H]2OC(=O)Cc2ccc(O)cc2)CC(=O)O1. The third-order valence-corrected chi connectivity index (χ3v) is 6.55. The van der Waals surface area contributed by atoms with E-state index in [0.717, 1.165) is 0 Å². The van der Waals surface area contributed by atoms with Crippen molar-refractivity contribution in [3.05, 3.63) is 59.7 Å². The zero-order valence-corrected chi connectivity index (χ0v) is 21.8. The van der Waals surface area contributed by atoms with Crippen LogP contribution in [0.25, 0.3) is 0 Å². The molecule has 216 valence electrons. The van der Waals surface area contributed by atoms with Gasteiger partial charge in [0.2, 0.25) is 0 Å². The summed E-state index contributed by atoms with van der Waals surface area (Å²) in [6, 6.07) is 11.7. The number of hydrogen-bond donors (Lipinski definition) is 4. The van der Waals surface area contributed by atoms with E-state index >= 15 is 0 Å². The Morgan fingerprint density at radius 2 is 1.43 bits per heavy atom. The van der Waals surface area contributed by atoms with Crippen molar-refractivity contribution in [1.29, 1.82) is 0 Å². The number of rotatable bonds is 9. The van der Waals surface area contributed by atoms with E-state index in [1.54, 1.807) is 6.92 Å².